The van der Waals surface area contributed by atoms with Gasteiger partial charge in [-0.1, -0.05) is 72.4 Å². The summed E-state index contributed by atoms with van der Waals surface area (Å²) in [7, 11) is 0. The molecule has 0 radical (unpaired) electrons. The average Bonchev–Trinajstić information content (AvgIpc) is 2.96. The van der Waals surface area contributed by atoms with Crippen LogP contribution in [-0.2, 0) is 4.79 Å². The Hall–Kier alpha value is -2.96. The molecule has 1 N–H and O–H groups in total. The summed E-state index contributed by atoms with van der Waals surface area (Å²) in [4.78, 5) is 25.6. The lowest BCUT2D eigenvalue weighted by Crippen LogP contribution is -2.44. The molecule has 1 saturated heterocycles. The molecule has 2 amide bonds. The molecule has 0 atom stereocenters. The molecule has 0 unspecified atom stereocenters. The first-order valence-electron chi connectivity index (χ1n) is 8.25. The van der Waals surface area contributed by atoms with E-state index < -0.39 is 0 Å². The lowest BCUT2D eigenvalue weighted by Gasteiger charge is -2.15. The molecule has 27 heavy (non-hydrogen) atoms. The second-order valence-corrected chi connectivity index (χ2v) is 7.57. The van der Waals surface area contributed by atoms with Crippen LogP contribution >= 0.6 is 24.0 Å². The zero-order valence-electron chi connectivity index (χ0n) is 14.1. The largest absolute Gasteiger partial charge is 0.285 e. The van der Waals surface area contributed by atoms with Gasteiger partial charge in [-0.2, -0.15) is 5.01 Å². The standard InChI is InChI=1S/C21H14N2O2S2/c24-19(15-8-2-1-3-9-15)22-23-20(25)18(27-21(23)26)13-16-11-6-10-14-7-4-5-12-17(14)16/h1-13H,(H,22,24). The van der Waals surface area contributed by atoms with Crippen LogP contribution in [0.3, 0.4) is 0 Å². The molecule has 1 aliphatic heterocycles. The minimum Gasteiger partial charge on any atom is -0.267 e. The maximum atomic E-state index is 12.8. The van der Waals surface area contributed by atoms with Gasteiger partial charge in [0.15, 0.2) is 4.32 Å². The second kappa shape index (κ2) is 7.34. The van der Waals surface area contributed by atoms with Gasteiger partial charge in [0.1, 0.15) is 0 Å². The second-order valence-electron chi connectivity index (χ2n) is 5.89. The van der Waals surface area contributed by atoms with Gasteiger partial charge in [-0.15, -0.1) is 0 Å². The summed E-state index contributed by atoms with van der Waals surface area (Å²) < 4.78 is 0.302. The first kappa shape index (κ1) is 17.5. The van der Waals surface area contributed by atoms with Crippen molar-refractivity contribution in [2.75, 3.05) is 0 Å². The molecule has 0 spiro atoms. The highest BCUT2D eigenvalue weighted by molar-refractivity contribution is 8.26. The number of thioether (sulfide) groups is 1. The lowest BCUT2D eigenvalue weighted by molar-refractivity contribution is -0.123. The molecule has 0 aliphatic carbocycles. The summed E-state index contributed by atoms with van der Waals surface area (Å²) in [6.45, 7) is 0. The molecule has 3 aromatic rings. The Morgan fingerprint density at radius 2 is 1.67 bits per heavy atom. The number of rotatable bonds is 3. The molecule has 4 rings (SSSR count). The van der Waals surface area contributed by atoms with E-state index in [4.69, 9.17) is 12.2 Å². The summed E-state index contributed by atoms with van der Waals surface area (Å²) in [5, 5.41) is 3.28. The predicted octanol–water partition coefficient (Wildman–Crippen LogP) is 4.39. The van der Waals surface area contributed by atoms with E-state index in [2.05, 4.69) is 5.43 Å². The Bertz CT molecular complexity index is 1090. The molecule has 0 aromatic heterocycles. The summed E-state index contributed by atoms with van der Waals surface area (Å²) in [6, 6.07) is 22.6. The van der Waals surface area contributed by atoms with E-state index in [0.29, 0.717) is 14.8 Å². The highest BCUT2D eigenvalue weighted by Gasteiger charge is 2.33. The minimum atomic E-state index is -0.377. The van der Waals surface area contributed by atoms with Crippen LogP contribution in [0.5, 0.6) is 0 Å². The molecule has 4 nitrogen and oxygen atoms in total. The molecule has 6 heteroatoms. The fraction of sp³-hybridized carbons (Fsp3) is 0. The van der Waals surface area contributed by atoms with E-state index in [9.17, 15) is 9.59 Å². The number of hydrazine groups is 1. The van der Waals surface area contributed by atoms with Crippen molar-refractivity contribution in [2.24, 2.45) is 0 Å². The maximum Gasteiger partial charge on any atom is 0.285 e. The van der Waals surface area contributed by atoms with Crippen LogP contribution < -0.4 is 5.43 Å². The van der Waals surface area contributed by atoms with E-state index >= 15 is 0 Å². The normalized spacial score (nSPS) is 15.6. The Morgan fingerprint density at radius 3 is 2.48 bits per heavy atom. The zero-order valence-corrected chi connectivity index (χ0v) is 15.7. The molecular formula is C21H14N2O2S2. The molecule has 1 aliphatic rings. The number of hydrogen-bond donors (Lipinski definition) is 1. The third-order valence-corrected chi connectivity index (χ3v) is 5.46. The topological polar surface area (TPSA) is 49.4 Å². The van der Waals surface area contributed by atoms with Crippen molar-refractivity contribution in [3.05, 3.63) is 88.8 Å². The van der Waals surface area contributed by atoms with Crippen molar-refractivity contribution in [3.63, 3.8) is 0 Å². The van der Waals surface area contributed by atoms with Gasteiger partial charge in [0.25, 0.3) is 11.8 Å². The number of hydrogen-bond acceptors (Lipinski definition) is 4. The van der Waals surface area contributed by atoms with Gasteiger partial charge in [-0.25, -0.2) is 0 Å². The average molecular weight is 390 g/mol. The van der Waals surface area contributed by atoms with Crippen LogP contribution in [0.15, 0.2) is 77.7 Å². The van der Waals surface area contributed by atoms with E-state index in [1.165, 1.54) is 11.8 Å². The van der Waals surface area contributed by atoms with Gasteiger partial charge in [-0.3, -0.25) is 15.0 Å². The van der Waals surface area contributed by atoms with Crippen molar-refractivity contribution < 1.29 is 9.59 Å². The van der Waals surface area contributed by atoms with E-state index in [1.54, 1.807) is 24.3 Å². The zero-order chi connectivity index (χ0) is 18.8. The van der Waals surface area contributed by atoms with Crippen LogP contribution in [0.1, 0.15) is 15.9 Å². The molecule has 1 fully saturated rings. The highest BCUT2D eigenvalue weighted by Crippen LogP contribution is 2.33. The molecule has 132 valence electrons. The first-order valence-corrected chi connectivity index (χ1v) is 9.48. The van der Waals surface area contributed by atoms with E-state index in [0.717, 1.165) is 21.3 Å². The Morgan fingerprint density at radius 1 is 0.963 bits per heavy atom. The number of nitrogens with one attached hydrogen (secondary N) is 1. The quantitative estimate of drug-likeness (QED) is 0.532. The maximum absolute atomic E-state index is 12.8. The number of benzene rings is 3. The first-order chi connectivity index (χ1) is 13.1. The van der Waals surface area contributed by atoms with Crippen molar-refractivity contribution in [3.8, 4) is 0 Å². The Balaban J connectivity index is 1.61. The van der Waals surface area contributed by atoms with Gasteiger partial charge in [-0.05, 0) is 46.8 Å². The van der Waals surface area contributed by atoms with Crippen LogP contribution in [0.4, 0.5) is 0 Å². The number of fused-ring (bicyclic) bond motifs is 1. The lowest BCUT2D eigenvalue weighted by atomic mass is 10.0. The van der Waals surface area contributed by atoms with Crippen LogP contribution in [0, 0.1) is 0 Å². The van der Waals surface area contributed by atoms with Crippen molar-refractivity contribution >= 4 is 57.0 Å². The molecule has 0 saturated carbocycles. The van der Waals surface area contributed by atoms with Crippen molar-refractivity contribution in [1.82, 2.24) is 10.4 Å². The Kier molecular flexibility index (Phi) is 4.75. The number of carbonyl (C=O) groups excluding carboxylic acids is 2. The third kappa shape index (κ3) is 3.49. The van der Waals surface area contributed by atoms with E-state index in [1.807, 2.05) is 54.6 Å². The van der Waals surface area contributed by atoms with Gasteiger partial charge in [0.05, 0.1) is 4.91 Å². The monoisotopic (exact) mass is 390 g/mol. The molecular weight excluding hydrogens is 376 g/mol. The molecule has 0 bridgehead atoms. The fourth-order valence-corrected chi connectivity index (χ4v) is 4.01. The smallest absolute Gasteiger partial charge is 0.267 e. The summed E-state index contributed by atoms with van der Waals surface area (Å²) >= 11 is 6.46. The number of carbonyl (C=O) groups is 2. The SMILES string of the molecule is O=C(NN1C(=O)C(=Cc2cccc3ccccc23)SC1=S)c1ccccc1. The van der Waals surface area contributed by atoms with Crippen LogP contribution in [0.2, 0.25) is 0 Å². The van der Waals surface area contributed by atoms with Gasteiger partial charge in [0.2, 0.25) is 0 Å². The van der Waals surface area contributed by atoms with Crippen molar-refractivity contribution in [2.45, 2.75) is 0 Å². The summed E-state index contributed by atoms with van der Waals surface area (Å²) in [6.07, 6.45) is 1.82. The highest BCUT2D eigenvalue weighted by atomic mass is 32.2. The molecule has 1 heterocycles. The van der Waals surface area contributed by atoms with Gasteiger partial charge >= 0.3 is 0 Å². The molecule has 3 aromatic carbocycles. The summed E-state index contributed by atoms with van der Waals surface area (Å²) in [5.41, 5.74) is 3.99. The number of thiocarbonyl (C=S) groups is 1. The van der Waals surface area contributed by atoms with Gasteiger partial charge in [0, 0.05) is 5.56 Å². The predicted molar refractivity (Wildman–Crippen MR) is 113 cm³/mol. The van der Waals surface area contributed by atoms with Crippen LogP contribution in [0.25, 0.3) is 16.8 Å². The number of nitrogens with zero attached hydrogens (tertiary/aromatic N) is 1. The van der Waals surface area contributed by atoms with E-state index in [-0.39, 0.29) is 11.8 Å². The van der Waals surface area contributed by atoms with Gasteiger partial charge < -0.3 is 0 Å². The fourth-order valence-electron chi connectivity index (χ4n) is 2.84. The number of amides is 2. The minimum absolute atomic E-state index is 0.302. The van der Waals surface area contributed by atoms with Crippen molar-refractivity contribution in [1.29, 1.82) is 0 Å². The Labute approximate surface area is 165 Å². The third-order valence-electron chi connectivity index (χ3n) is 4.15. The van der Waals surface area contributed by atoms with Crippen LogP contribution in [-0.4, -0.2) is 21.1 Å². The summed E-state index contributed by atoms with van der Waals surface area (Å²) in [5.74, 6) is -0.708.